The molecular weight excluding hydrogens is 361 g/mol. The fraction of sp³-hybridized carbons (Fsp3) is 0.571. The number of nitrogens with zero attached hydrogens (tertiary/aromatic N) is 2. The molecule has 1 aliphatic carbocycles. The van der Waals surface area contributed by atoms with E-state index in [1.54, 1.807) is 6.07 Å². The Morgan fingerprint density at radius 3 is 2.75 bits per heavy atom. The van der Waals surface area contributed by atoms with Gasteiger partial charge >= 0.3 is 5.97 Å². The summed E-state index contributed by atoms with van der Waals surface area (Å²) in [6.07, 6.45) is 5.52. The van der Waals surface area contributed by atoms with Crippen molar-refractivity contribution in [3.8, 4) is 0 Å². The Morgan fingerprint density at radius 2 is 2.00 bits per heavy atom. The van der Waals surface area contributed by atoms with Crippen LogP contribution in [0, 0.1) is 23.6 Å². The molecule has 1 aromatic carbocycles. The molecular formula is C21H26FN3O3. The summed E-state index contributed by atoms with van der Waals surface area (Å²) < 4.78 is 13.4. The fourth-order valence-corrected chi connectivity index (χ4v) is 4.82. The molecule has 0 spiro atoms. The van der Waals surface area contributed by atoms with Crippen LogP contribution in [0.25, 0.3) is 11.0 Å². The topological polar surface area (TPSA) is 86.3 Å². The van der Waals surface area contributed by atoms with Gasteiger partial charge in [-0.3, -0.25) is 9.59 Å². The number of likely N-dealkylation sites (tertiary alicyclic amines) is 1. The number of carbonyl (C=O) groups is 2. The number of nitrogens with one attached hydrogen (secondary N) is 1. The Morgan fingerprint density at radius 1 is 1.21 bits per heavy atom. The minimum absolute atomic E-state index is 0.00933. The zero-order chi connectivity index (χ0) is 19.7. The minimum atomic E-state index is -0.808. The van der Waals surface area contributed by atoms with Gasteiger partial charge < -0.3 is 15.0 Å². The lowest BCUT2D eigenvalue weighted by Gasteiger charge is -2.39. The number of piperidine rings is 1. The Bertz CT molecular complexity index is 875. The third-order valence-electron chi connectivity index (χ3n) is 6.29. The van der Waals surface area contributed by atoms with Gasteiger partial charge in [0.25, 0.3) is 0 Å². The molecule has 6 nitrogen and oxygen atoms in total. The largest absolute Gasteiger partial charge is 0.481 e. The van der Waals surface area contributed by atoms with Crippen LogP contribution < -0.4 is 0 Å². The first-order chi connectivity index (χ1) is 13.5. The van der Waals surface area contributed by atoms with Gasteiger partial charge in [-0.15, -0.1) is 0 Å². The molecule has 4 rings (SSSR count). The monoisotopic (exact) mass is 387 g/mol. The average molecular weight is 387 g/mol. The number of hydrogen-bond donors (Lipinski definition) is 2. The number of carboxylic acid groups (broad SMARTS) is 1. The number of carboxylic acids is 1. The summed E-state index contributed by atoms with van der Waals surface area (Å²) in [4.78, 5) is 33.8. The molecule has 1 saturated heterocycles. The summed E-state index contributed by atoms with van der Waals surface area (Å²) in [6, 6.07) is 4.43. The molecule has 1 aliphatic heterocycles. The predicted molar refractivity (Wildman–Crippen MR) is 102 cm³/mol. The molecule has 2 N–H and O–H groups in total. The normalized spacial score (nSPS) is 23.4. The molecule has 0 unspecified atom stereocenters. The molecule has 0 bridgehead atoms. The summed E-state index contributed by atoms with van der Waals surface area (Å²) in [6.45, 7) is 1.20. The van der Waals surface area contributed by atoms with Crippen molar-refractivity contribution < 1.29 is 19.1 Å². The van der Waals surface area contributed by atoms with Crippen LogP contribution in [-0.4, -0.2) is 44.9 Å². The molecule has 150 valence electrons. The number of aromatic nitrogens is 2. The Hall–Kier alpha value is -2.44. The Kier molecular flexibility index (Phi) is 5.33. The second kappa shape index (κ2) is 7.89. The highest BCUT2D eigenvalue weighted by atomic mass is 19.1. The van der Waals surface area contributed by atoms with E-state index in [0.29, 0.717) is 37.0 Å². The number of aromatic amines is 1. The van der Waals surface area contributed by atoms with Crippen molar-refractivity contribution in [3.63, 3.8) is 0 Å². The second-order valence-corrected chi connectivity index (χ2v) is 8.22. The maximum atomic E-state index is 13.4. The molecule has 0 radical (unpaired) electrons. The van der Waals surface area contributed by atoms with Crippen molar-refractivity contribution in [1.29, 1.82) is 0 Å². The molecule has 2 aliphatic rings. The number of rotatable bonds is 5. The molecule has 2 atom stereocenters. The quantitative estimate of drug-likeness (QED) is 0.824. The molecule has 1 amide bonds. The first-order valence-corrected chi connectivity index (χ1v) is 10.1. The first-order valence-electron chi connectivity index (χ1n) is 10.1. The van der Waals surface area contributed by atoms with Crippen molar-refractivity contribution in [2.75, 3.05) is 13.1 Å². The number of benzene rings is 1. The van der Waals surface area contributed by atoms with E-state index in [0.717, 1.165) is 31.5 Å². The molecule has 28 heavy (non-hydrogen) atoms. The number of halogens is 1. The van der Waals surface area contributed by atoms with Crippen LogP contribution in [0.1, 0.15) is 44.3 Å². The zero-order valence-corrected chi connectivity index (χ0v) is 15.9. The maximum Gasteiger partial charge on any atom is 0.303 e. The highest BCUT2D eigenvalue weighted by Crippen LogP contribution is 2.33. The number of hydrogen-bond acceptors (Lipinski definition) is 3. The molecule has 2 fully saturated rings. The van der Waals surface area contributed by atoms with Gasteiger partial charge in [-0.05, 0) is 49.3 Å². The SMILES string of the molecule is O=C(O)C[C@@H]1CCN(C(=O)C2CCCC2)C[C@@H]1Cc1nc2ccc(F)cc2[nH]1. The van der Waals surface area contributed by atoms with Gasteiger partial charge in [-0.25, -0.2) is 9.37 Å². The lowest BCUT2D eigenvalue weighted by molar-refractivity contribution is -0.141. The molecule has 1 aromatic heterocycles. The van der Waals surface area contributed by atoms with Gasteiger partial charge in [0.05, 0.1) is 11.0 Å². The van der Waals surface area contributed by atoms with Gasteiger partial charge in [0.2, 0.25) is 5.91 Å². The van der Waals surface area contributed by atoms with Crippen LogP contribution in [-0.2, 0) is 16.0 Å². The average Bonchev–Trinajstić information content (AvgIpc) is 3.31. The smallest absolute Gasteiger partial charge is 0.303 e. The number of amides is 1. The number of H-pyrrole nitrogens is 1. The van der Waals surface area contributed by atoms with Crippen molar-refractivity contribution in [3.05, 3.63) is 29.8 Å². The van der Waals surface area contributed by atoms with E-state index in [4.69, 9.17) is 0 Å². The van der Waals surface area contributed by atoms with Crippen molar-refractivity contribution in [2.24, 2.45) is 17.8 Å². The van der Waals surface area contributed by atoms with Crippen molar-refractivity contribution in [2.45, 2.75) is 44.9 Å². The van der Waals surface area contributed by atoms with Crippen LogP contribution in [0.4, 0.5) is 4.39 Å². The van der Waals surface area contributed by atoms with E-state index in [-0.39, 0.29) is 35.9 Å². The van der Waals surface area contributed by atoms with Crippen LogP contribution in [0.3, 0.4) is 0 Å². The second-order valence-electron chi connectivity index (χ2n) is 8.22. The standard InChI is InChI=1S/C21H26FN3O3/c22-16-5-6-17-18(11-16)24-19(23-17)9-15-12-25(8-7-14(15)10-20(26)27)21(28)13-3-1-2-4-13/h5-6,11,13-15H,1-4,7-10,12H2,(H,23,24)(H,26,27)/t14-,15-/m0/s1. The zero-order valence-electron chi connectivity index (χ0n) is 15.9. The number of imidazole rings is 1. The minimum Gasteiger partial charge on any atom is -0.481 e. The van der Waals surface area contributed by atoms with E-state index >= 15 is 0 Å². The van der Waals surface area contributed by atoms with Crippen molar-refractivity contribution >= 4 is 22.9 Å². The van der Waals surface area contributed by atoms with Gasteiger partial charge in [-0.2, -0.15) is 0 Å². The van der Waals surface area contributed by atoms with Crippen LogP contribution in [0.5, 0.6) is 0 Å². The summed E-state index contributed by atoms with van der Waals surface area (Å²) in [5.74, 6) is -0.0182. The van der Waals surface area contributed by atoms with Gasteiger partial charge in [-0.1, -0.05) is 12.8 Å². The summed E-state index contributed by atoms with van der Waals surface area (Å²) in [5, 5.41) is 9.30. The van der Waals surface area contributed by atoms with E-state index in [1.165, 1.54) is 12.1 Å². The van der Waals surface area contributed by atoms with Crippen LogP contribution in [0.15, 0.2) is 18.2 Å². The maximum absolute atomic E-state index is 13.4. The number of aliphatic carboxylic acids is 1. The third-order valence-corrected chi connectivity index (χ3v) is 6.29. The highest BCUT2D eigenvalue weighted by molar-refractivity contribution is 5.79. The first kappa shape index (κ1) is 18.9. The van der Waals surface area contributed by atoms with E-state index in [2.05, 4.69) is 9.97 Å². The molecule has 1 saturated carbocycles. The predicted octanol–water partition coefficient (Wildman–Crippen LogP) is 3.37. The van der Waals surface area contributed by atoms with Gasteiger partial charge in [0.1, 0.15) is 11.6 Å². The molecule has 7 heteroatoms. The van der Waals surface area contributed by atoms with Gasteiger partial charge in [0, 0.05) is 31.8 Å². The lowest BCUT2D eigenvalue weighted by Crippen LogP contribution is -2.46. The summed E-state index contributed by atoms with van der Waals surface area (Å²) >= 11 is 0. The summed E-state index contributed by atoms with van der Waals surface area (Å²) in [5.41, 5.74) is 1.33. The number of fused-ring (bicyclic) bond motifs is 1. The fourth-order valence-electron chi connectivity index (χ4n) is 4.82. The van der Waals surface area contributed by atoms with Crippen molar-refractivity contribution in [1.82, 2.24) is 14.9 Å². The summed E-state index contributed by atoms with van der Waals surface area (Å²) in [7, 11) is 0. The van der Waals surface area contributed by atoms with E-state index < -0.39 is 5.97 Å². The Balaban J connectivity index is 1.51. The van der Waals surface area contributed by atoms with Crippen LogP contribution in [0.2, 0.25) is 0 Å². The highest BCUT2D eigenvalue weighted by Gasteiger charge is 2.36. The Labute approximate surface area is 163 Å². The van der Waals surface area contributed by atoms with E-state index in [9.17, 15) is 19.1 Å². The lowest BCUT2D eigenvalue weighted by atomic mass is 9.80. The molecule has 2 heterocycles. The van der Waals surface area contributed by atoms with E-state index in [1.807, 2.05) is 4.90 Å². The molecule has 2 aromatic rings. The number of carbonyl (C=O) groups excluding carboxylic acids is 1. The third kappa shape index (κ3) is 4.03. The van der Waals surface area contributed by atoms with Crippen LogP contribution >= 0.6 is 0 Å². The van der Waals surface area contributed by atoms with Gasteiger partial charge in [0.15, 0.2) is 0 Å².